The number of benzene rings is 1. The second kappa shape index (κ2) is 6.65. The minimum absolute atomic E-state index is 0.138. The molecule has 1 heterocycles. The molecule has 24 heavy (non-hydrogen) atoms. The number of hydrogen-bond acceptors (Lipinski definition) is 6. The maximum Gasteiger partial charge on any atom is 0.277 e. The third-order valence-electron chi connectivity index (χ3n) is 4.02. The van der Waals surface area contributed by atoms with Crippen LogP contribution in [0.5, 0.6) is 0 Å². The summed E-state index contributed by atoms with van der Waals surface area (Å²) in [6.07, 6.45) is 1.97. The molecule has 1 fully saturated rings. The number of carbonyl (C=O) groups is 1. The third-order valence-corrected chi connectivity index (χ3v) is 4.84. The number of nitriles is 1. The fourth-order valence-electron chi connectivity index (χ4n) is 2.50. The summed E-state index contributed by atoms with van der Waals surface area (Å²) in [7, 11) is 0. The molecule has 1 aliphatic carbocycles. The summed E-state index contributed by atoms with van der Waals surface area (Å²) in [4.78, 5) is 12.1. The molecule has 0 unspecified atom stereocenters. The molecular weight excluding hydrogens is 324 g/mol. The van der Waals surface area contributed by atoms with Crippen LogP contribution in [0.15, 0.2) is 33.9 Å². The standard InChI is InChI=1S/C17H18N4O2S/c1-11-4-3-5-12(8-11)15-20-21-16(23-15)24-9-14(22)19-17(2,10-18)13-6-7-13/h3-5,8,13H,6-7,9H2,1-2H3,(H,19,22)/t17-/m0/s1. The Balaban J connectivity index is 1.57. The Morgan fingerprint density at radius 2 is 2.29 bits per heavy atom. The van der Waals surface area contributed by atoms with E-state index in [0.717, 1.165) is 24.0 Å². The van der Waals surface area contributed by atoms with E-state index in [1.807, 2.05) is 31.2 Å². The number of aromatic nitrogens is 2. The number of rotatable bonds is 6. The van der Waals surface area contributed by atoms with E-state index in [4.69, 9.17) is 4.42 Å². The number of nitrogens with zero attached hydrogens (tertiary/aromatic N) is 3. The van der Waals surface area contributed by atoms with Gasteiger partial charge in [-0.05, 0) is 44.7 Å². The minimum atomic E-state index is -0.779. The van der Waals surface area contributed by atoms with Gasteiger partial charge in [-0.3, -0.25) is 4.79 Å². The lowest BCUT2D eigenvalue weighted by atomic mass is 9.98. The van der Waals surface area contributed by atoms with Gasteiger partial charge in [-0.15, -0.1) is 10.2 Å². The van der Waals surface area contributed by atoms with Crippen molar-refractivity contribution in [2.75, 3.05) is 5.75 Å². The minimum Gasteiger partial charge on any atom is -0.411 e. The molecule has 1 N–H and O–H groups in total. The highest BCUT2D eigenvalue weighted by Gasteiger charge is 2.42. The van der Waals surface area contributed by atoms with Crippen LogP contribution >= 0.6 is 11.8 Å². The van der Waals surface area contributed by atoms with Crippen molar-refractivity contribution in [2.24, 2.45) is 5.92 Å². The highest BCUT2D eigenvalue weighted by molar-refractivity contribution is 7.99. The molecule has 1 amide bonds. The zero-order valence-corrected chi connectivity index (χ0v) is 14.4. The van der Waals surface area contributed by atoms with Crippen LogP contribution in [0.4, 0.5) is 0 Å². The number of aryl methyl sites for hydroxylation is 1. The van der Waals surface area contributed by atoms with E-state index >= 15 is 0 Å². The topological polar surface area (TPSA) is 91.8 Å². The van der Waals surface area contributed by atoms with Gasteiger partial charge >= 0.3 is 0 Å². The Morgan fingerprint density at radius 1 is 1.50 bits per heavy atom. The second-order valence-electron chi connectivity index (χ2n) is 6.17. The maximum absolute atomic E-state index is 12.1. The Bertz CT molecular complexity index is 794. The van der Waals surface area contributed by atoms with Crippen LogP contribution in [0.3, 0.4) is 0 Å². The van der Waals surface area contributed by atoms with Crippen LogP contribution in [-0.4, -0.2) is 27.4 Å². The fraction of sp³-hybridized carbons (Fsp3) is 0.412. The van der Waals surface area contributed by atoms with Crippen molar-refractivity contribution in [3.63, 3.8) is 0 Å². The molecule has 0 saturated heterocycles. The first-order valence-corrected chi connectivity index (χ1v) is 8.74. The van der Waals surface area contributed by atoms with E-state index in [0.29, 0.717) is 11.1 Å². The summed E-state index contributed by atoms with van der Waals surface area (Å²) in [5.74, 6) is 0.625. The number of amides is 1. The van der Waals surface area contributed by atoms with E-state index < -0.39 is 5.54 Å². The average molecular weight is 342 g/mol. The van der Waals surface area contributed by atoms with Gasteiger partial charge in [-0.25, -0.2) is 0 Å². The van der Waals surface area contributed by atoms with Crippen LogP contribution in [0, 0.1) is 24.2 Å². The lowest BCUT2D eigenvalue weighted by molar-refractivity contribution is -0.119. The molecular formula is C17H18N4O2S. The molecule has 3 rings (SSSR count). The highest BCUT2D eigenvalue weighted by atomic mass is 32.2. The molecule has 0 radical (unpaired) electrons. The van der Waals surface area contributed by atoms with Gasteiger partial charge < -0.3 is 9.73 Å². The number of carbonyl (C=O) groups excluding carboxylic acids is 1. The predicted molar refractivity (Wildman–Crippen MR) is 90.1 cm³/mol. The Kier molecular flexibility index (Phi) is 4.58. The Hall–Kier alpha value is -2.33. The van der Waals surface area contributed by atoms with Gasteiger partial charge in [0.1, 0.15) is 5.54 Å². The molecule has 6 nitrogen and oxygen atoms in total. The first-order chi connectivity index (χ1) is 11.5. The molecule has 1 saturated carbocycles. The van der Waals surface area contributed by atoms with Gasteiger partial charge in [0.05, 0.1) is 11.8 Å². The highest BCUT2D eigenvalue weighted by Crippen LogP contribution is 2.39. The van der Waals surface area contributed by atoms with Crippen LogP contribution in [-0.2, 0) is 4.79 Å². The van der Waals surface area contributed by atoms with Crippen molar-refractivity contribution in [3.05, 3.63) is 29.8 Å². The summed E-state index contributed by atoms with van der Waals surface area (Å²) >= 11 is 1.17. The fourth-order valence-corrected chi connectivity index (χ4v) is 3.06. The number of hydrogen-bond donors (Lipinski definition) is 1. The van der Waals surface area contributed by atoms with E-state index in [9.17, 15) is 10.1 Å². The number of thioether (sulfide) groups is 1. The summed E-state index contributed by atoms with van der Waals surface area (Å²) in [5.41, 5.74) is 1.18. The zero-order chi connectivity index (χ0) is 17.2. The summed E-state index contributed by atoms with van der Waals surface area (Å²) in [6, 6.07) is 9.99. The first-order valence-electron chi connectivity index (χ1n) is 7.76. The SMILES string of the molecule is Cc1cccc(-c2nnc(SCC(=O)N[C@@](C)(C#N)C3CC3)o2)c1. The molecule has 1 aromatic heterocycles. The maximum atomic E-state index is 12.1. The lowest BCUT2D eigenvalue weighted by Crippen LogP contribution is -2.47. The molecule has 1 aliphatic rings. The summed E-state index contributed by atoms with van der Waals surface area (Å²) in [6.45, 7) is 3.77. The van der Waals surface area contributed by atoms with Gasteiger partial charge in [0, 0.05) is 5.56 Å². The molecule has 1 aromatic carbocycles. The quantitative estimate of drug-likeness (QED) is 0.812. The van der Waals surface area contributed by atoms with Crippen molar-refractivity contribution in [1.29, 1.82) is 5.26 Å². The molecule has 2 aromatic rings. The Morgan fingerprint density at radius 3 is 2.96 bits per heavy atom. The normalized spacial score (nSPS) is 16.2. The summed E-state index contributed by atoms with van der Waals surface area (Å²) < 4.78 is 5.59. The zero-order valence-electron chi connectivity index (χ0n) is 13.6. The Labute approximate surface area is 144 Å². The van der Waals surface area contributed by atoms with Crippen LogP contribution in [0.25, 0.3) is 11.5 Å². The van der Waals surface area contributed by atoms with Crippen LogP contribution in [0.2, 0.25) is 0 Å². The van der Waals surface area contributed by atoms with E-state index in [-0.39, 0.29) is 17.6 Å². The van der Waals surface area contributed by atoms with Gasteiger partial charge in [-0.1, -0.05) is 29.5 Å². The third kappa shape index (κ3) is 3.77. The molecule has 0 aliphatic heterocycles. The van der Waals surface area contributed by atoms with Gasteiger partial charge in [0.15, 0.2) is 0 Å². The summed E-state index contributed by atoms with van der Waals surface area (Å²) in [5, 5.41) is 20.4. The largest absolute Gasteiger partial charge is 0.411 e. The van der Waals surface area contributed by atoms with Crippen molar-refractivity contribution in [2.45, 2.75) is 37.5 Å². The van der Waals surface area contributed by atoms with Crippen molar-refractivity contribution in [1.82, 2.24) is 15.5 Å². The van der Waals surface area contributed by atoms with Gasteiger partial charge in [0.2, 0.25) is 11.8 Å². The second-order valence-corrected chi connectivity index (χ2v) is 7.09. The van der Waals surface area contributed by atoms with Gasteiger partial charge in [-0.2, -0.15) is 5.26 Å². The molecule has 0 spiro atoms. The van der Waals surface area contributed by atoms with E-state index in [2.05, 4.69) is 21.6 Å². The van der Waals surface area contributed by atoms with Crippen LogP contribution in [0.1, 0.15) is 25.3 Å². The first kappa shape index (κ1) is 16.5. The van der Waals surface area contributed by atoms with Crippen molar-refractivity contribution in [3.8, 4) is 17.5 Å². The molecule has 1 atom stereocenters. The lowest BCUT2D eigenvalue weighted by Gasteiger charge is -2.22. The van der Waals surface area contributed by atoms with Crippen LogP contribution < -0.4 is 5.32 Å². The molecule has 0 bridgehead atoms. The van der Waals surface area contributed by atoms with Gasteiger partial charge in [0.25, 0.3) is 5.22 Å². The smallest absolute Gasteiger partial charge is 0.277 e. The van der Waals surface area contributed by atoms with E-state index in [1.165, 1.54) is 11.8 Å². The molecule has 124 valence electrons. The van der Waals surface area contributed by atoms with E-state index in [1.54, 1.807) is 6.92 Å². The predicted octanol–water partition coefficient (Wildman–Crippen LogP) is 2.95. The van der Waals surface area contributed by atoms with Crippen molar-refractivity contribution >= 4 is 17.7 Å². The average Bonchev–Trinajstić information content (AvgIpc) is 3.32. The monoisotopic (exact) mass is 342 g/mol. The molecule has 7 heteroatoms. The van der Waals surface area contributed by atoms with Crippen molar-refractivity contribution < 1.29 is 9.21 Å². The number of nitrogens with one attached hydrogen (secondary N) is 1.